The maximum Gasteiger partial charge on any atom is 0.152 e. The molecule has 2 N–H and O–H groups in total. The van der Waals surface area contributed by atoms with Crippen LogP contribution < -0.4 is 10.5 Å². The van der Waals surface area contributed by atoms with Gasteiger partial charge in [-0.1, -0.05) is 0 Å². The highest BCUT2D eigenvalue weighted by atomic mass is 16.5. The standard InChI is InChI=1S/C10H8N2O/c1-13-10-7-9(12)5-4-8(10)3-2-6-11/h4-5,7H,12H2,1H3. The number of ether oxygens (including phenoxy) is 1. The van der Waals surface area contributed by atoms with Crippen LogP contribution in [0.1, 0.15) is 5.56 Å². The molecule has 0 spiro atoms. The van der Waals surface area contributed by atoms with Gasteiger partial charge in [-0.05, 0) is 18.1 Å². The summed E-state index contributed by atoms with van der Waals surface area (Å²) >= 11 is 0. The van der Waals surface area contributed by atoms with Crippen molar-refractivity contribution in [3.63, 3.8) is 0 Å². The van der Waals surface area contributed by atoms with Crippen molar-refractivity contribution in [2.24, 2.45) is 0 Å². The number of rotatable bonds is 1. The summed E-state index contributed by atoms with van der Waals surface area (Å²) in [5.41, 5.74) is 6.81. The van der Waals surface area contributed by atoms with E-state index >= 15 is 0 Å². The molecule has 0 bridgehead atoms. The molecular weight excluding hydrogens is 164 g/mol. The predicted molar refractivity (Wildman–Crippen MR) is 49.9 cm³/mol. The van der Waals surface area contributed by atoms with Crippen LogP contribution in [0.5, 0.6) is 5.75 Å². The SMILES string of the molecule is COc1cc(N)ccc1C#CC#N. The maximum absolute atomic E-state index is 8.26. The molecular formula is C10H8N2O. The van der Waals surface area contributed by atoms with Crippen molar-refractivity contribution < 1.29 is 4.74 Å². The summed E-state index contributed by atoms with van der Waals surface area (Å²) in [6, 6.07) is 6.84. The van der Waals surface area contributed by atoms with Crippen molar-refractivity contribution in [3.05, 3.63) is 23.8 Å². The minimum Gasteiger partial charge on any atom is -0.495 e. The van der Waals surface area contributed by atoms with Crippen LogP contribution in [0.4, 0.5) is 5.69 Å². The highest BCUT2D eigenvalue weighted by molar-refractivity contribution is 5.55. The molecule has 64 valence electrons. The summed E-state index contributed by atoms with van der Waals surface area (Å²) in [7, 11) is 1.53. The number of hydrogen-bond donors (Lipinski definition) is 1. The molecule has 0 unspecified atom stereocenters. The molecule has 3 nitrogen and oxygen atoms in total. The quantitative estimate of drug-likeness (QED) is 0.510. The van der Waals surface area contributed by atoms with Gasteiger partial charge in [0.05, 0.1) is 12.7 Å². The zero-order valence-electron chi connectivity index (χ0n) is 7.16. The Morgan fingerprint density at radius 3 is 2.85 bits per heavy atom. The fourth-order valence-electron chi connectivity index (χ4n) is 0.906. The maximum atomic E-state index is 8.26. The second kappa shape index (κ2) is 4.04. The summed E-state index contributed by atoms with van der Waals surface area (Å²) in [4.78, 5) is 0. The van der Waals surface area contributed by atoms with E-state index in [9.17, 15) is 0 Å². The third-order valence-electron chi connectivity index (χ3n) is 1.48. The third-order valence-corrected chi connectivity index (χ3v) is 1.48. The molecule has 0 aliphatic heterocycles. The second-order valence-corrected chi connectivity index (χ2v) is 2.32. The van der Waals surface area contributed by atoms with Crippen molar-refractivity contribution in [1.29, 1.82) is 5.26 Å². The van der Waals surface area contributed by atoms with E-state index in [2.05, 4.69) is 11.8 Å². The van der Waals surface area contributed by atoms with Crippen molar-refractivity contribution in [2.75, 3.05) is 12.8 Å². The number of nitrogens with two attached hydrogens (primary N) is 1. The molecule has 0 saturated carbocycles. The molecule has 0 amide bonds. The first-order chi connectivity index (χ1) is 6.27. The molecule has 0 radical (unpaired) electrons. The molecule has 0 heterocycles. The Balaban J connectivity index is 3.15. The smallest absolute Gasteiger partial charge is 0.152 e. The monoisotopic (exact) mass is 172 g/mol. The molecule has 13 heavy (non-hydrogen) atoms. The van der Waals surface area contributed by atoms with Crippen LogP contribution in [0.3, 0.4) is 0 Å². The number of methoxy groups -OCH3 is 1. The highest BCUT2D eigenvalue weighted by Gasteiger charge is 1.99. The zero-order valence-corrected chi connectivity index (χ0v) is 7.16. The van der Waals surface area contributed by atoms with Crippen molar-refractivity contribution in [1.82, 2.24) is 0 Å². The van der Waals surface area contributed by atoms with Gasteiger partial charge in [0.25, 0.3) is 0 Å². The number of nitrogens with zero attached hydrogens (tertiary/aromatic N) is 1. The van der Waals surface area contributed by atoms with Gasteiger partial charge in [0.15, 0.2) is 6.07 Å². The van der Waals surface area contributed by atoms with Gasteiger partial charge in [-0.2, -0.15) is 5.26 Å². The summed E-state index contributed by atoms with van der Waals surface area (Å²) < 4.78 is 5.03. The van der Waals surface area contributed by atoms with E-state index < -0.39 is 0 Å². The Morgan fingerprint density at radius 1 is 1.46 bits per heavy atom. The summed E-state index contributed by atoms with van der Waals surface area (Å²) in [5.74, 6) is 5.53. The van der Waals surface area contributed by atoms with Crippen LogP contribution in [0.25, 0.3) is 0 Å². The van der Waals surface area contributed by atoms with Gasteiger partial charge in [0.1, 0.15) is 5.75 Å². The fourth-order valence-corrected chi connectivity index (χ4v) is 0.906. The van der Waals surface area contributed by atoms with E-state index in [1.54, 1.807) is 24.3 Å². The van der Waals surface area contributed by atoms with Crippen LogP contribution in [-0.4, -0.2) is 7.11 Å². The van der Waals surface area contributed by atoms with Crippen LogP contribution in [0, 0.1) is 23.2 Å². The minimum absolute atomic E-state index is 0.586. The van der Waals surface area contributed by atoms with Gasteiger partial charge < -0.3 is 10.5 Å². The first-order valence-corrected chi connectivity index (χ1v) is 3.61. The normalized spacial score (nSPS) is 8.00. The number of benzene rings is 1. The molecule has 0 aromatic heterocycles. The first-order valence-electron chi connectivity index (χ1n) is 3.61. The molecule has 1 rings (SSSR count). The lowest BCUT2D eigenvalue weighted by Crippen LogP contribution is -1.91. The highest BCUT2D eigenvalue weighted by Crippen LogP contribution is 2.19. The molecule has 0 fully saturated rings. The largest absolute Gasteiger partial charge is 0.495 e. The Morgan fingerprint density at radius 2 is 2.23 bits per heavy atom. The molecule has 0 aliphatic rings. The van der Waals surface area contributed by atoms with Gasteiger partial charge >= 0.3 is 0 Å². The van der Waals surface area contributed by atoms with Crippen LogP contribution in [-0.2, 0) is 0 Å². The van der Waals surface area contributed by atoms with Gasteiger partial charge in [-0.15, -0.1) is 0 Å². The molecule has 3 heteroatoms. The number of hydrogen-bond acceptors (Lipinski definition) is 3. The van der Waals surface area contributed by atoms with Crippen molar-refractivity contribution in [2.45, 2.75) is 0 Å². The van der Waals surface area contributed by atoms with E-state index in [0.29, 0.717) is 17.0 Å². The molecule has 0 atom stereocenters. The number of anilines is 1. The van der Waals surface area contributed by atoms with E-state index in [1.807, 2.05) is 0 Å². The summed E-state index contributed by atoms with van der Waals surface area (Å²) in [5, 5.41) is 8.26. The predicted octanol–water partition coefficient (Wildman–Crippen LogP) is 1.15. The molecule has 0 saturated heterocycles. The fraction of sp³-hybridized carbons (Fsp3) is 0.100. The van der Waals surface area contributed by atoms with E-state index in [1.165, 1.54) is 7.11 Å². The van der Waals surface area contributed by atoms with Gasteiger partial charge in [0.2, 0.25) is 0 Å². The lowest BCUT2D eigenvalue weighted by Gasteiger charge is -2.02. The van der Waals surface area contributed by atoms with Crippen molar-refractivity contribution >= 4 is 5.69 Å². The molecule has 1 aromatic rings. The third kappa shape index (κ3) is 2.15. The first kappa shape index (κ1) is 8.96. The van der Waals surface area contributed by atoms with Crippen molar-refractivity contribution in [3.8, 4) is 23.7 Å². The summed E-state index contributed by atoms with van der Waals surface area (Å²) in [6.45, 7) is 0. The average Bonchev–Trinajstić information content (AvgIpc) is 2.16. The minimum atomic E-state index is 0.586. The Kier molecular flexibility index (Phi) is 2.78. The Labute approximate surface area is 76.7 Å². The van der Waals surface area contributed by atoms with Gasteiger partial charge in [-0.25, -0.2) is 0 Å². The zero-order chi connectivity index (χ0) is 9.68. The Bertz CT molecular complexity index is 407. The number of nitriles is 1. The average molecular weight is 172 g/mol. The molecule has 0 aliphatic carbocycles. The van der Waals surface area contributed by atoms with Gasteiger partial charge in [-0.3, -0.25) is 0 Å². The van der Waals surface area contributed by atoms with Crippen LogP contribution in [0.2, 0.25) is 0 Å². The topological polar surface area (TPSA) is 59.0 Å². The summed E-state index contributed by atoms with van der Waals surface area (Å²) in [6.07, 6.45) is 0. The Hall–Kier alpha value is -2.13. The second-order valence-electron chi connectivity index (χ2n) is 2.32. The molecule has 1 aromatic carbocycles. The van der Waals surface area contributed by atoms with E-state index in [-0.39, 0.29) is 0 Å². The number of nitrogen functional groups attached to an aromatic ring is 1. The van der Waals surface area contributed by atoms with Crippen LogP contribution >= 0.6 is 0 Å². The van der Waals surface area contributed by atoms with Gasteiger partial charge in [0, 0.05) is 17.7 Å². The lowest BCUT2D eigenvalue weighted by molar-refractivity contribution is 0.414. The van der Waals surface area contributed by atoms with E-state index in [0.717, 1.165) is 0 Å². The lowest BCUT2D eigenvalue weighted by atomic mass is 10.2. The van der Waals surface area contributed by atoms with Crippen LogP contribution in [0.15, 0.2) is 18.2 Å². The van der Waals surface area contributed by atoms with E-state index in [4.69, 9.17) is 15.7 Å².